The molecule has 1 nitrogen and oxygen atoms in total. The lowest BCUT2D eigenvalue weighted by atomic mass is 11.0. The molecule has 0 aromatic carbocycles. The molecule has 0 rings (SSSR count). The third kappa shape index (κ3) is 94.0. The summed E-state index contributed by atoms with van der Waals surface area (Å²) in [5, 5.41) is 0. The van der Waals surface area contributed by atoms with Crippen LogP contribution in [-0.2, 0) is 0 Å². The summed E-state index contributed by atoms with van der Waals surface area (Å²) < 4.78 is 0. The van der Waals surface area contributed by atoms with Gasteiger partial charge in [0.25, 0.3) is 0 Å². The van der Waals surface area contributed by atoms with Crippen LogP contribution in [-0.4, -0.2) is 13.8 Å². The first-order valence-electron chi connectivity index (χ1n) is 1.76. The first-order valence-corrected chi connectivity index (χ1v) is 1.76. The van der Waals surface area contributed by atoms with Crippen molar-refractivity contribution in [2.75, 3.05) is 7.05 Å². The highest BCUT2D eigenvalue weighted by atomic mass is 14.6. The van der Waals surface area contributed by atoms with Crippen LogP contribution in [0.2, 0.25) is 0 Å². The molecule has 32 valence electrons. The van der Waals surface area contributed by atoms with E-state index in [0.29, 0.717) is 0 Å². The van der Waals surface area contributed by atoms with Crippen molar-refractivity contribution < 1.29 is 0 Å². The Hall–Kier alpha value is -0.330. The molecule has 0 fully saturated rings. The summed E-state index contributed by atoms with van der Waals surface area (Å²) in [5.41, 5.74) is 0. The Morgan fingerprint density at radius 3 is 1.40 bits per heavy atom. The van der Waals surface area contributed by atoms with E-state index in [9.17, 15) is 0 Å². The zero-order valence-electron chi connectivity index (χ0n) is 4.15. The van der Waals surface area contributed by atoms with Gasteiger partial charge in [0.05, 0.1) is 0 Å². The lowest BCUT2D eigenvalue weighted by Crippen LogP contribution is -1.26. The van der Waals surface area contributed by atoms with Crippen molar-refractivity contribution in [3.8, 4) is 0 Å². The molecule has 0 saturated carbocycles. The second kappa shape index (κ2) is 58.3. The van der Waals surface area contributed by atoms with Gasteiger partial charge in [-0.2, -0.15) is 0 Å². The van der Waals surface area contributed by atoms with Gasteiger partial charge in [-0.1, -0.05) is 13.8 Å². The number of rotatable bonds is 0. The summed E-state index contributed by atoms with van der Waals surface area (Å²) in [6.07, 6.45) is 0. The first-order chi connectivity index (χ1) is 2.41. The fourth-order valence-corrected chi connectivity index (χ4v) is 0. The molecule has 1 heteroatoms. The number of hydrogen-bond donors (Lipinski definition) is 0. The number of aliphatic imine (C=N–C) groups is 1. The maximum atomic E-state index is 3.25. The third-order valence-electron chi connectivity index (χ3n) is 0. The Morgan fingerprint density at radius 1 is 1.40 bits per heavy atom. The molecule has 0 spiro atoms. The maximum absolute atomic E-state index is 3.25. The lowest BCUT2D eigenvalue weighted by Gasteiger charge is -1.38. The van der Waals surface area contributed by atoms with Gasteiger partial charge < -0.3 is 4.99 Å². The minimum atomic E-state index is 1.64. The fourth-order valence-electron chi connectivity index (χ4n) is 0. The molecule has 5 heavy (non-hydrogen) atoms. The highest BCUT2D eigenvalue weighted by Gasteiger charge is 1.09. The van der Waals surface area contributed by atoms with Gasteiger partial charge in [-0.15, -0.1) is 0 Å². The van der Waals surface area contributed by atoms with Crippen LogP contribution in [0, 0.1) is 0 Å². The van der Waals surface area contributed by atoms with Gasteiger partial charge in [-0.25, -0.2) is 0 Å². The summed E-state index contributed by atoms with van der Waals surface area (Å²) in [4.78, 5) is 3.25. The highest BCUT2D eigenvalue weighted by molar-refractivity contribution is 5.22. The van der Waals surface area contributed by atoms with Gasteiger partial charge >= 0.3 is 0 Å². The molecule has 0 atom stereocenters. The predicted molar refractivity (Wildman–Crippen MR) is 26.8 cm³/mol. The molecule has 0 amide bonds. The second-order valence-electron chi connectivity index (χ2n) is 0.316. The molecule has 0 aromatic rings. The molecule has 0 aliphatic heterocycles. The van der Waals surface area contributed by atoms with Crippen LogP contribution < -0.4 is 0 Å². The molecule has 0 aromatic heterocycles. The van der Waals surface area contributed by atoms with Gasteiger partial charge in [0.1, 0.15) is 0 Å². The van der Waals surface area contributed by atoms with Crippen molar-refractivity contribution in [1.29, 1.82) is 0 Å². The Morgan fingerprint density at radius 2 is 1.40 bits per heavy atom. The molecule has 0 heterocycles. The standard InChI is InChI=1S/C2H5N.C2H6/c1-3-2;1-2/h1H2,2H3;1-2H3. The van der Waals surface area contributed by atoms with Crippen LogP contribution in [0.4, 0.5) is 0 Å². The van der Waals surface area contributed by atoms with E-state index in [1.54, 1.807) is 7.05 Å². The smallest absolute Gasteiger partial charge is 0.0269 e. The highest BCUT2D eigenvalue weighted by Crippen LogP contribution is 1.22. The Bertz CT molecular complexity index is 11.1. The monoisotopic (exact) mass is 73.1 g/mol. The van der Waals surface area contributed by atoms with Crippen LogP contribution in [0.1, 0.15) is 13.8 Å². The Balaban J connectivity index is 0. The Labute approximate surface area is 33.7 Å². The van der Waals surface area contributed by atoms with Crippen molar-refractivity contribution in [1.82, 2.24) is 0 Å². The van der Waals surface area contributed by atoms with E-state index in [-0.39, 0.29) is 0 Å². The van der Waals surface area contributed by atoms with E-state index >= 15 is 0 Å². The largest absolute Gasteiger partial charge is 0.304 e. The average Bonchev–Trinajstić information content (AvgIpc) is 1.46. The molecule has 0 N–H and O–H groups in total. The van der Waals surface area contributed by atoms with Gasteiger partial charge in [0, 0.05) is 7.05 Å². The van der Waals surface area contributed by atoms with Gasteiger partial charge in [0.2, 0.25) is 0 Å². The van der Waals surface area contributed by atoms with Crippen LogP contribution in [0.15, 0.2) is 4.99 Å². The van der Waals surface area contributed by atoms with Gasteiger partial charge in [-0.3, -0.25) is 0 Å². The van der Waals surface area contributed by atoms with E-state index in [1.165, 1.54) is 0 Å². The molecular formula is C4H11N. The molecule has 0 unspecified atom stereocenters. The van der Waals surface area contributed by atoms with E-state index in [0.717, 1.165) is 0 Å². The molecule has 0 aliphatic rings. The first kappa shape index (κ1) is 8.82. The summed E-state index contributed by atoms with van der Waals surface area (Å²) >= 11 is 0. The summed E-state index contributed by atoms with van der Waals surface area (Å²) in [6.45, 7) is 7.11. The van der Waals surface area contributed by atoms with Crippen molar-refractivity contribution in [3.63, 3.8) is 0 Å². The van der Waals surface area contributed by atoms with Crippen molar-refractivity contribution in [3.05, 3.63) is 0 Å². The van der Waals surface area contributed by atoms with Crippen molar-refractivity contribution in [2.24, 2.45) is 4.99 Å². The zero-order valence-corrected chi connectivity index (χ0v) is 4.15. The van der Waals surface area contributed by atoms with Gasteiger partial charge in [0.15, 0.2) is 0 Å². The van der Waals surface area contributed by atoms with Crippen LogP contribution >= 0.6 is 0 Å². The minimum absolute atomic E-state index is 1.64. The summed E-state index contributed by atoms with van der Waals surface area (Å²) in [7, 11) is 1.64. The summed E-state index contributed by atoms with van der Waals surface area (Å²) in [6, 6.07) is 0. The quantitative estimate of drug-likeness (QED) is 0.384. The van der Waals surface area contributed by atoms with Crippen molar-refractivity contribution in [2.45, 2.75) is 13.8 Å². The van der Waals surface area contributed by atoms with E-state index < -0.39 is 0 Å². The molecule has 0 radical (unpaired) electrons. The fraction of sp³-hybridized carbons (Fsp3) is 0.750. The van der Waals surface area contributed by atoms with Gasteiger partial charge in [-0.05, 0) is 6.72 Å². The number of nitrogens with zero attached hydrogens (tertiary/aromatic N) is 1. The second-order valence-corrected chi connectivity index (χ2v) is 0.316. The third-order valence-corrected chi connectivity index (χ3v) is 0. The van der Waals surface area contributed by atoms with Crippen LogP contribution in [0.5, 0.6) is 0 Å². The molecule has 0 saturated heterocycles. The Kier molecular flexibility index (Phi) is 103. The molecule has 0 aliphatic carbocycles. The topological polar surface area (TPSA) is 12.4 Å². The number of hydrogen-bond acceptors (Lipinski definition) is 1. The normalized spacial score (nSPS) is 3.80. The van der Waals surface area contributed by atoms with E-state index in [1.807, 2.05) is 13.8 Å². The molecule has 0 bridgehead atoms. The zero-order chi connectivity index (χ0) is 4.71. The summed E-state index contributed by atoms with van der Waals surface area (Å²) in [5.74, 6) is 0. The lowest BCUT2D eigenvalue weighted by molar-refractivity contribution is 1.49. The van der Waals surface area contributed by atoms with E-state index in [4.69, 9.17) is 0 Å². The van der Waals surface area contributed by atoms with Crippen molar-refractivity contribution >= 4 is 6.72 Å². The minimum Gasteiger partial charge on any atom is -0.304 e. The van der Waals surface area contributed by atoms with Crippen LogP contribution in [0.25, 0.3) is 0 Å². The maximum Gasteiger partial charge on any atom is 0.0269 e. The average molecular weight is 73.1 g/mol. The van der Waals surface area contributed by atoms with Crippen LogP contribution in [0.3, 0.4) is 0 Å². The SMILES string of the molecule is C=NC.CC. The molecular weight excluding hydrogens is 62.1 g/mol. The van der Waals surface area contributed by atoms with E-state index in [2.05, 4.69) is 11.7 Å². The predicted octanol–water partition coefficient (Wildman–Crippen LogP) is 1.34.